The van der Waals surface area contributed by atoms with Gasteiger partial charge in [0.05, 0.1) is 11.5 Å². The van der Waals surface area contributed by atoms with Gasteiger partial charge in [-0.15, -0.1) is 0 Å². The van der Waals surface area contributed by atoms with E-state index < -0.39 is 60.4 Å². The van der Waals surface area contributed by atoms with Gasteiger partial charge < -0.3 is 5.11 Å². The molecule has 0 aromatic heterocycles. The fourth-order valence-electron chi connectivity index (χ4n) is 2.02. The van der Waals surface area contributed by atoms with Gasteiger partial charge in [-0.05, 0) is 18.9 Å². The molecule has 1 rings (SSSR count). The number of carbonyl (C=O) groups is 1. The molecule has 0 heterocycles. The third kappa shape index (κ3) is 4.20. The Labute approximate surface area is 139 Å². The van der Waals surface area contributed by atoms with E-state index in [0.717, 1.165) is 0 Å². The van der Waals surface area contributed by atoms with Gasteiger partial charge in [0.25, 0.3) is 0 Å². The van der Waals surface area contributed by atoms with Gasteiger partial charge >= 0.3 is 5.97 Å². The maximum absolute atomic E-state index is 14.4. The van der Waals surface area contributed by atoms with Crippen molar-refractivity contribution in [3.05, 3.63) is 29.3 Å². The minimum Gasteiger partial charge on any atom is -0.478 e. The summed E-state index contributed by atoms with van der Waals surface area (Å²) in [4.78, 5) is 11.0. The molecule has 136 valence electrons. The van der Waals surface area contributed by atoms with Gasteiger partial charge in [-0.3, -0.25) is 0 Å². The lowest BCUT2D eigenvalue weighted by Gasteiger charge is -2.24. The molecule has 0 aliphatic carbocycles. The van der Waals surface area contributed by atoms with Crippen molar-refractivity contribution < 1.29 is 35.5 Å². The van der Waals surface area contributed by atoms with Gasteiger partial charge in [-0.1, -0.05) is 13.8 Å². The second-order valence-corrected chi connectivity index (χ2v) is 9.03. The number of nitrogens with zero attached hydrogens (tertiary/aromatic N) is 1. The molecule has 0 unspecified atom stereocenters. The molecule has 0 spiro atoms. The maximum atomic E-state index is 14.4. The summed E-state index contributed by atoms with van der Waals surface area (Å²) in [6.07, 6.45) is 0.0619. The van der Waals surface area contributed by atoms with E-state index in [1.54, 1.807) is 0 Å². The van der Waals surface area contributed by atoms with Gasteiger partial charge in [0, 0.05) is 6.07 Å². The first kappa shape index (κ1) is 20.3. The first-order valence-corrected chi connectivity index (χ1v) is 10.2. The van der Waals surface area contributed by atoms with Gasteiger partial charge in [0.1, 0.15) is 17.1 Å². The smallest absolute Gasteiger partial charge is 0.338 e. The second kappa shape index (κ2) is 7.43. The van der Waals surface area contributed by atoms with Gasteiger partial charge in [-0.2, -0.15) is 3.71 Å². The summed E-state index contributed by atoms with van der Waals surface area (Å²) >= 11 is 0. The molecule has 1 aromatic rings. The van der Waals surface area contributed by atoms with Crippen LogP contribution in [0.5, 0.6) is 0 Å². The number of carboxylic acids is 1. The topological polar surface area (TPSA) is 109 Å². The minimum absolute atomic E-state index is 0.0310. The molecule has 0 fully saturated rings. The average Bonchev–Trinajstić information content (AvgIpc) is 2.41. The van der Waals surface area contributed by atoms with Crippen molar-refractivity contribution in [1.29, 1.82) is 0 Å². The summed E-state index contributed by atoms with van der Waals surface area (Å²) in [5.74, 6) is -6.02. The molecule has 0 radical (unpaired) electrons. The summed E-state index contributed by atoms with van der Waals surface area (Å²) in [5, 5.41) is 8.88. The first-order chi connectivity index (χ1) is 11.0. The molecule has 11 heteroatoms. The third-order valence-corrected chi connectivity index (χ3v) is 7.49. The van der Waals surface area contributed by atoms with E-state index in [4.69, 9.17) is 5.11 Å². The maximum Gasteiger partial charge on any atom is 0.338 e. The Morgan fingerprint density at radius 1 is 1.04 bits per heavy atom. The fraction of sp³-hybridized carbons (Fsp3) is 0.462. The van der Waals surface area contributed by atoms with Crippen molar-refractivity contribution in [2.45, 2.75) is 26.7 Å². The second-order valence-electron chi connectivity index (χ2n) is 4.92. The van der Waals surface area contributed by atoms with E-state index in [-0.39, 0.29) is 16.6 Å². The van der Waals surface area contributed by atoms with Crippen LogP contribution in [0.4, 0.5) is 14.5 Å². The fourth-order valence-corrected chi connectivity index (χ4v) is 6.08. The molecule has 24 heavy (non-hydrogen) atoms. The lowest BCUT2D eigenvalue weighted by molar-refractivity contribution is 0.0691. The van der Waals surface area contributed by atoms with Crippen LogP contribution in [0.2, 0.25) is 0 Å². The van der Waals surface area contributed by atoms with E-state index in [9.17, 15) is 30.4 Å². The Balaban J connectivity index is 3.79. The van der Waals surface area contributed by atoms with E-state index in [2.05, 4.69) is 0 Å². The number of anilines is 1. The highest BCUT2D eigenvalue weighted by atomic mass is 32.3. The Morgan fingerprint density at radius 3 is 1.88 bits per heavy atom. The summed E-state index contributed by atoms with van der Waals surface area (Å²) in [6.45, 7) is 2.93. The number of halogens is 2. The highest BCUT2D eigenvalue weighted by Gasteiger charge is 2.36. The van der Waals surface area contributed by atoms with Crippen LogP contribution >= 0.6 is 0 Å². The molecule has 7 nitrogen and oxygen atoms in total. The van der Waals surface area contributed by atoms with Gasteiger partial charge in [0.15, 0.2) is 5.82 Å². The lowest BCUT2D eigenvalue weighted by Crippen LogP contribution is -2.40. The highest BCUT2D eigenvalue weighted by Crippen LogP contribution is 2.30. The SMILES string of the molecule is CCCS(=O)(=O)N(c1cc(F)cc(C(=O)O)c1F)S(=O)(=O)CCC. The van der Waals surface area contributed by atoms with Crippen LogP contribution < -0.4 is 3.71 Å². The van der Waals surface area contributed by atoms with E-state index >= 15 is 0 Å². The third-order valence-electron chi connectivity index (χ3n) is 2.87. The van der Waals surface area contributed by atoms with Crippen LogP contribution in [0.3, 0.4) is 0 Å². The van der Waals surface area contributed by atoms with E-state index in [1.807, 2.05) is 0 Å². The number of hydrogen-bond donors (Lipinski definition) is 1. The molecule has 1 aromatic carbocycles. The molecule has 0 aliphatic heterocycles. The predicted molar refractivity (Wildman–Crippen MR) is 84.0 cm³/mol. The normalized spacial score (nSPS) is 12.2. The predicted octanol–water partition coefficient (Wildman–Crippen LogP) is 1.95. The molecular formula is C13H17F2NO6S2. The quantitative estimate of drug-likeness (QED) is 0.733. The summed E-state index contributed by atoms with van der Waals surface area (Å²) in [5.41, 5.74) is -2.32. The Bertz CT molecular complexity index is 800. The van der Waals surface area contributed by atoms with E-state index in [1.165, 1.54) is 13.8 Å². The first-order valence-electron chi connectivity index (χ1n) is 6.96. The molecule has 0 bridgehead atoms. The van der Waals surface area contributed by atoms with Crippen molar-refractivity contribution >= 4 is 31.7 Å². The van der Waals surface area contributed by atoms with Crippen LogP contribution in [0.15, 0.2) is 12.1 Å². The van der Waals surface area contributed by atoms with Crippen molar-refractivity contribution in [3.63, 3.8) is 0 Å². The number of sulfonamides is 2. The van der Waals surface area contributed by atoms with Crippen LogP contribution in [0.25, 0.3) is 0 Å². The van der Waals surface area contributed by atoms with Crippen LogP contribution in [-0.2, 0) is 20.0 Å². The molecule has 0 saturated carbocycles. The molecular weight excluding hydrogens is 368 g/mol. The van der Waals surface area contributed by atoms with Crippen molar-refractivity contribution in [1.82, 2.24) is 0 Å². The molecule has 0 aliphatic rings. The molecule has 0 saturated heterocycles. The van der Waals surface area contributed by atoms with E-state index in [0.29, 0.717) is 12.1 Å². The largest absolute Gasteiger partial charge is 0.478 e. The number of benzene rings is 1. The van der Waals surface area contributed by atoms with Crippen LogP contribution in [0, 0.1) is 11.6 Å². The van der Waals surface area contributed by atoms with Crippen LogP contribution in [-0.4, -0.2) is 39.4 Å². The minimum atomic E-state index is -4.54. The zero-order chi connectivity index (χ0) is 18.7. The Morgan fingerprint density at radius 2 is 1.50 bits per heavy atom. The zero-order valence-corrected chi connectivity index (χ0v) is 14.6. The summed E-state index contributed by atoms with van der Waals surface area (Å²) in [6, 6.07) is 0.695. The van der Waals surface area contributed by atoms with Crippen molar-refractivity contribution in [2.75, 3.05) is 15.2 Å². The van der Waals surface area contributed by atoms with Gasteiger partial charge in [0.2, 0.25) is 20.0 Å². The Kier molecular flexibility index (Phi) is 6.28. The Hall–Kier alpha value is -1.75. The van der Waals surface area contributed by atoms with Crippen LogP contribution in [0.1, 0.15) is 37.0 Å². The van der Waals surface area contributed by atoms with Crippen molar-refractivity contribution in [2.24, 2.45) is 0 Å². The number of carboxylic acid groups (broad SMARTS) is 1. The summed E-state index contributed by atoms with van der Waals surface area (Å²) in [7, 11) is -9.08. The van der Waals surface area contributed by atoms with Gasteiger partial charge in [-0.25, -0.2) is 30.4 Å². The molecule has 0 atom stereocenters. The molecule has 0 amide bonds. The number of aromatic carboxylic acids is 1. The lowest BCUT2D eigenvalue weighted by atomic mass is 10.2. The molecule has 1 N–H and O–H groups in total. The monoisotopic (exact) mass is 385 g/mol. The highest BCUT2D eigenvalue weighted by molar-refractivity contribution is 8.10. The number of rotatable bonds is 8. The number of hydrogen-bond acceptors (Lipinski definition) is 5. The standard InChI is InChI=1S/C13H17F2NO6S2/c1-3-5-23(19,20)16(24(21,22)6-4-2)11-8-9(14)7-10(12(11)15)13(17)18/h7-8H,3-6H2,1-2H3,(H,17,18). The zero-order valence-electron chi connectivity index (χ0n) is 13.0. The average molecular weight is 385 g/mol. The summed E-state index contributed by atoms with van der Waals surface area (Å²) < 4.78 is 77.0. The van der Waals surface area contributed by atoms with Crippen molar-refractivity contribution in [3.8, 4) is 0 Å².